The van der Waals surface area contributed by atoms with E-state index in [2.05, 4.69) is 14.7 Å². The Morgan fingerprint density at radius 2 is 2.00 bits per heavy atom. The van der Waals surface area contributed by atoms with Gasteiger partial charge < -0.3 is 4.42 Å². The van der Waals surface area contributed by atoms with E-state index < -0.39 is 15.6 Å². The lowest BCUT2D eigenvalue weighted by Gasteiger charge is -2.18. The lowest BCUT2D eigenvalue weighted by Crippen LogP contribution is -2.40. The minimum atomic E-state index is -3.73. The van der Waals surface area contributed by atoms with E-state index in [4.69, 9.17) is 16.0 Å². The molecule has 0 saturated heterocycles. The molecular formula is C13H16ClN3O3S2. The van der Waals surface area contributed by atoms with Gasteiger partial charge in [0.15, 0.2) is 11.6 Å². The summed E-state index contributed by atoms with van der Waals surface area (Å²) in [5.74, 6) is 0.548. The summed E-state index contributed by atoms with van der Waals surface area (Å²) in [4.78, 5) is 8.30. The summed E-state index contributed by atoms with van der Waals surface area (Å²) in [6.45, 7) is 5.25. The predicted octanol–water partition coefficient (Wildman–Crippen LogP) is 3.19. The zero-order chi connectivity index (χ0) is 16.5. The van der Waals surface area contributed by atoms with Crippen LogP contribution >= 0.6 is 23.4 Å². The molecule has 9 heteroatoms. The molecule has 1 N–H and O–H groups in total. The zero-order valence-electron chi connectivity index (χ0n) is 12.5. The first-order valence-corrected chi connectivity index (χ1v) is 9.42. The molecule has 0 aromatic carbocycles. The Morgan fingerprint density at radius 3 is 2.59 bits per heavy atom. The third kappa shape index (κ3) is 4.01. The third-order valence-electron chi connectivity index (χ3n) is 2.41. The van der Waals surface area contributed by atoms with Crippen LogP contribution in [0.15, 0.2) is 32.9 Å². The van der Waals surface area contributed by atoms with Crippen LogP contribution in [-0.2, 0) is 10.0 Å². The van der Waals surface area contributed by atoms with Crippen molar-refractivity contribution >= 4 is 33.4 Å². The van der Waals surface area contributed by atoms with Crippen LogP contribution in [0.25, 0.3) is 11.6 Å². The second kappa shape index (κ2) is 6.19. The molecule has 2 aromatic heterocycles. The molecule has 2 heterocycles. The van der Waals surface area contributed by atoms with Crippen LogP contribution in [0.1, 0.15) is 20.8 Å². The first kappa shape index (κ1) is 17.3. The van der Waals surface area contributed by atoms with Crippen molar-refractivity contribution in [2.24, 2.45) is 0 Å². The molecule has 0 saturated carbocycles. The SMILES string of the molecule is CSc1nc(-c2ccc(S(=O)(=O)NC(C)(C)C)o2)ncc1Cl. The second-order valence-corrected chi connectivity index (χ2v) is 8.34. The van der Waals surface area contributed by atoms with Gasteiger partial charge >= 0.3 is 0 Å². The molecule has 0 atom stereocenters. The summed E-state index contributed by atoms with van der Waals surface area (Å²) in [5, 5.41) is 0.854. The largest absolute Gasteiger partial charge is 0.440 e. The van der Waals surface area contributed by atoms with Crippen molar-refractivity contribution in [2.75, 3.05) is 6.26 Å². The van der Waals surface area contributed by atoms with E-state index in [9.17, 15) is 8.42 Å². The maximum absolute atomic E-state index is 12.2. The van der Waals surface area contributed by atoms with Crippen LogP contribution in [0.2, 0.25) is 5.02 Å². The number of hydrogen-bond donors (Lipinski definition) is 1. The van der Waals surface area contributed by atoms with Gasteiger partial charge in [-0.3, -0.25) is 0 Å². The lowest BCUT2D eigenvalue weighted by molar-refractivity contribution is 0.434. The molecule has 0 aliphatic rings. The van der Waals surface area contributed by atoms with Gasteiger partial charge in [-0.15, -0.1) is 11.8 Å². The number of halogens is 1. The van der Waals surface area contributed by atoms with Crippen molar-refractivity contribution in [3.05, 3.63) is 23.4 Å². The average molecular weight is 362 g/mol. The smallest absolute Gasteiger partial charge is 0.274 e. The molecule has 0 radical (unpaired) electrons. The summed E-state index contributed by atoms with van der Waals surface area (Å²) in [6.07, 6.45) is 3.29. The topological polar surface area (TPSA) is 85.1 Å². The fraction of sp³-hybridized carbons (Fsp3) is 0.385. The van der Waals surface area contributed by atoms with Gasteiger partial charge in [0, 0.05) is 5.54 Å². The highest BCUT2D eigenvalue weighted by molar-refractivity contribution is 7.98. The van der Waals surface area contributed by atoms with Gasteiger partial charge in [0.25, 0.3) is 10.0 Å². The van der Waals surface area contributed by atoms with E-state index in [-0.39, 0.29) is 16.7 Å². The Labute approximate surface area is 138 Å². The number of nitrogens with zero attached hydrogens (tertiary/aromatic N) is 2. The Balaban J connectivity index is 2.36. The molecule has 2 aromatic rings. The van der Waals surface area contributed by atoms with Gasteiger partial charge in [-0.25, -0.2) is 23.1 Å². The molecule has 0 spiro atoms. The van der Waals surface area contributed by atoms with E-state index in [1.54, 1.807) is 20.8 Å². The van der Waals surface area contributed by atoms with E-state index in [0.717, 1.165) is 0 Å². The number of aromatic nitrogens is 2. The Bertz CT molecular complexity index is 782. The normalized spacial score (nSPS) is 12.6. The van der Waals surface area contributed by atoms with Crippen molar-refractivity contribution in [3.8, 4) is 11.6 Å². The van der Waals surface area contributed by atoms with Crippen LogP contribution in [0.3, 0.4) is 0 Å². The number of hydrogen-bond acceptors (Lipinski definition) is 6. The maximum Gasteiger partial charge on any atom is 0.274 e. The van der Waals surface area contributed by atoms with Gasteiger partial charge in [-0.05, 0) is 39.2 Å². The fourth-order valence-corrected chi connectivity index (χ4v) is 3.75. The minimum absolute atomic E-state index is 0.179. The molecule has 22 heavy (non-hydrogen) atoms. The van der Waals surface area contributed by atoms with Crippen molar-refractivity contribution in [1.82, 2.24) is 14.7 Å². The molecular weight excluding hydrogens is 346 g/mol. The highest BCUT2D eigenvalue weighted by Gasteiger charge is 2.25. The van der Waals surface area contributed by atoms with E-state index in [1.165, 1.54) is 30.1 Å². The summed E-state index contributed by atoms with van der Waals surface area (Å²) in [7, 11) is -3.73. The van der Waals surface area contributed by atoms with Gasteiger partial charge in [-0.2, -0.15) is 0 Å². The maximum atomic E-state index is 12.2. The minimum Gasteiger partial charge on any atom is -0.440 e. The Kier molecular flexibility index (Phi) is 4.86. The summed E-state index contributed by atoms with van der Waals surface area (Å²) >= 11 is 7.32. The first-order valence-electron chi connectivity index (χ1n) is 6.33. The van der Waals surface area contributed by atoms with Crippen LogP contribution in [-0.4, -0.2) is 30.2 Å². The van der Waals surface area contributed by atoms with Crippen molar-refractivity contribution in [2.45, 2.75) is 36.4 Å². The van der Waals surface area contributed by atoms with Crippen molar-refractivity contribution in [1.29, 1.82) is 0 Å². The molecule has 0 amide bonds. The molecule has 0 aliphatic carbocycles. The highest BCUT2D eigenvalue weighted by atomic mass is 35.5. The van der Waals surface area contributed by atoms with E-state index in [0.29, 0.717) is 10.0 Å². The third-order valence-corrected chi connectivity index (χ3v) is 5.13. The molecule has 0 aliphatic heterocycles. The Morgan fingerprint density at radius 1 is 1.32 bits per heavy atom. The van der Waals surface area contributed by atoms with Gasteiger partial charge in [-0.1, -0.05) is 11.6 Å². The van der Waals surface area contributed by atoms with Crippen molar-refractivity contribution < 1.29 is 12.8 Å². The molecule has 0 fully saturated rings. The van der Waals surface area contributed by atoms with Crippen molar-refractivity contribution in [3.63, 3.8) is 0 Å². The molecule has 2 rings (SSSR count). The van der Waals surface area contributed by atoms with Crippen LogP contribution in [0, 0.1) is 0 Å². The predicted molar refractivity (Wildman–Crippen MR) is 86.6 cm³/mol. The highest BCUT2D eigenvalue weighted by Crippen LogP contribution is 2.27. The fourth-order valence-electron chi connectivity index (χ4n) is 1.65. The number of thioether (sulfide) groups is 1. The second-order valence-electron chi connectivity index (χ2n) is 5.53. The van der Waals surface area contributed by atoms with Crippen LogP contribution in [0.4, 0.5) is 0 Å². The molecule has 0 unspecified atom stereocenters. The quantitative estimate of drug-likeness (QED) is 0.665. The van der Waals surface area contributed by atoms with Gasteiger partial charge in [0.1, 0.15) is 5.03 Å². The molecule has 120 valence electrons. The van der Waals surface area contributed by atoms with Crippen LogP contribution in [0.5, 0.6) is 0 Å². The standard InChI is InChI=1S/C13H16ClN3O3S2/c1-13(2,3)17-22(18,19)10-6-5-9(20-10)11-15-7-8(14)12(16-11)21-4/h5-7,17H,1-4H3. The van der Waals surface area contributed by atoms with E-state index >= 15 is 0 Å². The number of sulfonamides is 1. The first-order chi connectivity index (χ1) is 10.1. The Hall–Kier alpha value is -1.09. The molecule has 0 bridgehead atoms. The monoisotopic (exact) mass is 361 g/mol. The van der Waals surface area contributed by atoms with Gasteiger partial charge in [0.2, 0.25) is 5.09 Å². The molecule has 6 nitrogen and oxygen atoms in total. The summed E-state index contributed by atoms with van der Waals surface area (Å²) < 4.78 is 32.3. The summed E-state index contributed by atoms with van der Waals surface area (Å²) in [6, 6.07) is 2.89. The number of rotatable bonds is 4. The van der Waals surface area contributed by atoms with Crippen LogP contribution < -0.4 is 4.72 Å². The zero-order valence-corrected chi connectivity index (χ0v) is 14.9. The van der Waals surface area contributed by atoms with Gasteiger partial charge in [0.05, 0.1) is 11.2 Å². The number of furan rings is 1. The van der Waals surface area contributed by atoms with E-state index in [1.807, 2.05) is 6.26 Å². The average Bonchev–Trinajstić information content (AvgIpc) is 2.87. The lowest BCUT2D eigenvalue weighted by atomic mass is 10.1. The number of nitrogens with one attached hydrogen (secondary N) is 1. The summed E-state index contributed by atoms with van der Waals surface area (Å²) in [5.41, 5.74) is -0.603.